The first-order valence-electron chi connectivity index (χ1n) is 8.27. The van der Waals surface area contributed by atoms with Crippen LogP contribution in [0.2, 0.25) is 0 Å². The van der Waals surface area contributed by atoms with Gasteiger partial charge in [-0.2, -0.15) is 0 Å². The van der Waals surface area contributed by atoms with Gasteiger partial charge in [0.2, 0.25) is 5.91 Å². The highest BCUT2D eigenvalue weighted by atomic mass is 35.5. The molecule has 26 heavy (non-hydrogen) atoms. The molecule has 2 rings (SSSR count). The number of anilines is 2. The van der Waals surface area contributed by atoms with Crippen LogP contribution < -0.4 is 16.0 Å². The van der Waals surface area contributed by atoms with Crippen LogP contribution in [0.1, 0.15) is 13.3 Å². The number of nitrogens with zero attached hydrogens (tertiary/aromatic N) is 2. The van der Waals surface area contributed by atoms with Crippen molar-refractivity contribution >= 4 is 54.5 Å². The Morgan fingerprint density at radius 3 is 2.35 bits per heavy atom. The molecular formula is C17H31Cl3N4O2. The van der Waals surface area contributed by atoms with Crippen molar-refractivity contribution in [3.63, 3.8) is 0 Å². The zero-order valence-corrected chi connectivity index (χ0v) is 17.8. The molecule has 0 bridgehead atoms. The van der Waals surface area contributed by atoms with Gasteiger partial charge in [-0.25, -0.2) is 0 Å². The lowest BCUT2D eigenvalue weighted by Gasteiger charge is -2.36. The fourth-order valence-electron chi connectivity index (χ4n) is 2.83. The maximum Gasteiger partial charge on any atom is 0.227 e. The third-order valence-electron chi connectivity index (χ3n) is 4.35. The first kappa shape index (κ1) is 27.5. The number of hydrogen-bond donors (Lipinski definition) is 2. The third-order valence-corrected chi connectivity index (χ3v) is 4.35. The number of nitrogens with two attached hydrogens (primary N) is 1. The quantitative estimate of drug-likeness (QED) is 0.696. The van der Waals surface area contributed by atoms with Crippen molar-refractivity contribution in [2.45, 2.75) is 19.4 Å². The molecule has 1 heterocycles. The van der Waals surface area contributed by atoms with Crippen molar-refractivity contribution in [3.05, 3.63) is 24.3 Å². The molecule has 9 heteroatoms. The molecule has 1 unspecified atom stereocenters. The van der Waals surface area contributed by atoms with Crippen molar-refractivity contribution in [3.8, 4) is 0 Å². The lowest BCUT2D eigenvalue weighted by Crippen LogP contribution is -2.46. The highest BCUT2D eigenvalue weighted by Crippen LogP contribution is 2.26. The predicted octanol–water partition coefficient (Wildman–Crippen LogP) is 2.40. The molecule has 1 aliphatic rings. The maximum atomic E-state index is 12.2. The zero-order chi connectivity index (χ0) is 16.7. The molecule has 0 saturated carbocycles. The largest absolute Gasteiger partial charge is 0.380 e. The van der Waals surface area contributed by atoms with Crippen LogP contribution in [0.25, 0.3) is 0 Å². The highest BCUT2D eigenvalue weighted by molar-refractivity contribution is 5.94. The molecule has 1 amide bonds. The molecule has 1 atom stereocenters. The molecule has 3 N–H and O–H groups in total. The van der Waals surface area contributed by atoms with E-state index in [4.69, 9.17) is 10.5 Å². The second-order valence-electron chi connectivity index (χ2n) is 5.78. The number of hydrogen-bond acceptors (Lipinski definition) is 5. The maximum absolute atomic E-state index is 12.2. The SMILES string of the molecule is CCN1CCN(c2ccccc2NC(=O)CC(CN)OC)CC1.Cl.Cl.Cl. The number of likely N-dealkylation sites (N-methyl/N-ethyl adjacent to an activating group) is 1. The molecule has 0 spiro atoms. The van der Waals surface area contributed by atoms with Gasteiger partial charge in [0.05, 0.1) is 23.9 Å². The molecule has 152 valence electrons. The molecule has 1 fully saturated rings. The lowest BCUT2D eigenvalue weighted by atomic mass is 10.2. The van der Waals surface area contributed by atoms with E-state index in [1.807, 2.05) is 18.2 Å². The van der Waals surface area contributed by atoms with Crippen molar-refractivity contribution < 1.29 is 9.53 Å². The summed E-state index contributed by atoms with van der Waals surface area (Å²) in [5.41, 5.74) is 7.52. The van der Waals surface area contributed by atoms with E-state index in [1.165, 1.54) is 0 Å². The minimum atomic E-state index is -0.240. The lowest BCUT2D eigenvalue weighted by molar-refractivity contribution is -0.118. The minimum absolute atomic E-state index is 0. The average Bonchev–Trinajstić information content (AvgIpc) is 2.60. The van der Waals surface area contributed by atoms with Crippen LogP contribution in [0, 0.1) is 0 Å². The Hall–Kier alpha value is -0.760. The summed E-state index contributed by atoms with van der Waals surface area (Å²) < 4.78 is 5.18. The number of ether oxygens (including phenoxy) is 1. The van der Waals surface area contributed by atoms with Gasteiger partial charge in [-0.05, 0) is 18.7 Å². The van der Waals surface area contributed by atoms with E-state index in [0.29, 0.717) is 6.54 Å². The smallest absolute Gasteiger partial charge is 0.227 e. The van der Waals surface area contributed by atoms with Crippen LogP contribution in [0.4, 0.5) is 11.4 Å². The first-order valence-corrected chi connectivity index (χ1v) is 8.27. The number of halogens is 3. The van der Waals surface area contributed by atoms with Crippen LogP contribution >= 0.6 is 37.2 Å². The second-order valence-corrected chi connectivity index (χ2v) is 5.78. The standard InChI is InChI=1S/C17H28N4O2.3ClH/c1-3-20-8-10-21(11-9-20)16-7-5-4-6-15(16)19-17(22)12-14(13-18)23-2;;;/h4-7,14H,3,8-13,18H2,1-2H3,(H,19,22);3*1H. The Labute approximate surface area is 175 Å². The highest BCUT2D eigenvalue weighted by Gasteiger charge is 2.19. The molecule has 6 nitrogen and oxygen atoms in total. The van der Waals surface area contributed by atoms with E-state index in [9.17, 15) is 4.79 Å². The van der Waals surface area contributed by atoms with Gasteiger partial charge >= 0.3 is 0 Å². The van der Waals surface area contributed by atoms with Crippen molar-refractivity contribution in [2.75, 3.05) is 56.6 Å². The molecule has 1 aromatic rings. The van der Waals surface area contributed by atoms with Crippen LogP contribution in [0.3, 0.4) is 0 Å². The van der Waals surface area contributed by atoms with Crippen molar-refractivity contribution in [1.82, 2.24) is 4.90 Å². The van der Waals surface area contributed by atoms with E-state index in [0.717, 1.165) is 44.1 Å². The Kier molecular flexibility index (Phi) is 15.1. The van der Waals surface area contributed by atoms with Gasteiger partial charge in [-0.15, -0.1) is 37.2 Å². The minimum Gasteiger partial charge on any atom is -0.380 e. The zero-order valence-electron chi connectivity index (χ0n) is 15.3. The second kappa shape index (κ2) is 14.3. The number of para-hydroxylation sites is 2. The number of benzene rings is 1. The Bertz CT molecular complexity index is 511. The number of rotatable bonds is 7. The normalized spacial score (nSPS) is 15.1. The molecule has 0 aromatic heterocycles. The molecule has 1 aliphatic heterocycles. The van der Waals surface area contributed by atoms with E-state index >= 15 is 0 Å². The summed E-state index contributed by atoms with van der Waals surface area (Å²) in [4.78, 5) is 17.0. The Balaban J connectivity index is 0. The van der Waals surface area contributed by atoms with E-state index in [1.54, 1.807) is 7.11 Å². The van der Waals surface area contributed by atoms with Gasteiger partial charge in [-0.3, -0.25) is 4.79 Å². The van der Waals surface area contributed by atoms with Gasteiger partial charge in [-0.1, -0.05) is 19.1 Å². The van der Waals surface area contributed by atoms with Crippen molar-refractivity contribution in [2.24, 2.45) is 5.73 Å². The van der Waals surface area contributed by atoms with Gasteiger partial charge < -0.3 is 25.6 Å². The van der Waals surface area contributed by atoms with Crippen LogP contribution in [-0.4, -0.2) is 63.3 Å². The average molecular weight is 430 g/mol. The summed E-state index contributed by atoms with van der Waals surface area (Å²) >= 11 is 0. The topological polar surface area (TPSA) is 70.8 Å². The molecule has 1 aromatic carbocycles. The number of carbonyl (C=O) groups is 1. The summed E-state index contributed by atoms with van der Waals surface area (Å²) in [6.45, 7) is 7.67. The van der Waals surface area contributed by atoms with Crippen molar-refractivity contribution in [1.29, 1.82) is 0 Å². The van der Waals surface area contributed by atoms with E-state index in [2.05, 4.69) is 28.1 Å². The number of piperazine rings is 1. The number of nitrogens with one attached hydrogen (secondary N) is 1. The summed E-state index contributed by atoms with van der Waals surface area (Å²) in [6.07, 6.45) is 0.0283. The third kappa shape index (κ3) is 7.86. The van der Waals surface area contributed by atoms with Crippen LogP contribution in [0.15, 0.2) is 24.3 Å². The summed E-state index contributed by atoms with van der Waals surface area (Å²) in [5, 5.41) is 3.00. The molecule has 0 aliphatic carbocycles. The van der Waals surface area contributed by atoms with Crippen LogP contribution in [-0.2, 0) is 9.53 Å². The monoisotopic (exact) mass is 428 g/mol. The molecule has 1 saturated heterocycles. The van der Waals surface area contributed by atoms with Gasteiger partial charge in [0.15, 0.2) is 0 Å². The summed E-state index contributed by atoms with van der Waals surface area (Å²) in [5.74, 6) is -0.0676. The number of methoxy groups -OCH3 is 1. The fourth-order valence-corrected chi connectivity index (χ4v) is 2.83. The van der Waals surface area contributed by atoms with Gasteiger partial charge in [0.1, 0.15) is 0 Å². The Morgan fingerprint density at radius 1 is 1.19 bits per heavy atom. The van der Waals surface area contributed by atoms with Gasteiger partial charge in [0, 0.05) is 39.8 Å². The molecule has 0 radical (unpaired) electrons. The predicted molar refractivity (Wildman–Crippen MR) is 116 cm³/mol. The summed E-state index contributed by atoms with van der Waals surface area (Å²) in [7, 11) is 1.58. The summed E-state index contributed by atoms with van der Waals surface area (Å²) in [6, 6.07) is 7.96. The fraction of sp³-hybridized carbons (Fsp3) is 0.588. The number of amides is 1. The van der Waals surface area contributed by atoms with E-state index in [-0.39, 0.29) is 55.7 Å². The molecular weight excluding hydrogens is 399 g/mol. The Morgan fingerprint density at radius 2 is 1.81 bits per heavy atom. The van der Waals surface area contributed by atoms with E-state index < -0.39 is 0 Å². The van der Waals surface area contributed by atoms with Gasteiger partial charge in [0.25, 0.3) is 0 Å². The first-order chi connectivity index (χ1) is 11.2. The number of carbonyl (C=O) groups excluding carboxylic acids is 1. The van der Waals surface area contributed by atoms with Crippen LogP contribution in [0.5, 0.6) is 0 Å².